The van der Waals surface area contributed by atoms with Crippen LogP contribution in [-0.2, 0) is 9.59 Å². The Kier molecular flexibility index (Phi) is 4.23. The van der Waals surface area contributed by atoms with E-state index in [0.29, 0.717) is 25.4 Å². The van der Waals surface area contributed by atoms with Gasteiger partial charge in [-0.2, -0.15) is 11.8 Å². The number of carbonyl (C=O) groups excluding carboxylic acids is 2. The van der Waals surface area contributed by atoms with E-state index in [0.717, 1.165) is 12.3 Å². The smallest absolute Gasteiger partial charge is 0.229 e. The lowest BCUT2D eigenvalue weighted by atomic mass is 10.2. The number of carbonyl (C=O) groups is 2. The maximum absolute atomic E-state index is 11.3. The van der Waals surface area contributed by atoms with Gasteiger partial charge >= 0.3 is 0 Å². The van der Waals surface area contributed by atoms with E-state index in [-0.39, 0.29) is 11.8 Å². The van der Waals surface area contributed by atoms with Crippen molar-refractivity contribution in [3.63, 3.8) is 0 Å². The predicted molar refractivity (Wildman–Crippen MR) is 64.3 cm³/mol. The number of hydrogen-bond acceptors (Lipinski definition) is 4. The molecule has 4 nitrogen and oxygen atoms in total. The Morgan fingerprint density at radius 1 is 1.31 bits per heavy atom. The van der Waals surface area contributed by atoms with Gasteiger partial charge in [0, 0.05) is 37.7 Å². The Balaban J connectivity index is 1.67. The first-order chi connectivity index (χ1) is 7.77. The van der Waals surface area contributed by atoms with Gasteiger partial charge < -0.3 is 5.32 Å². The molecule has 2 saturated heterocycles. The zero-order valence-electron chi connectivity index (χ0n) is 9.41. The van der Waals surface area contributed by atoms with E-state index in [1.165, 1.54) is 23.5 Å². The van der Waals surface area contributed by atoms with Crippen molar-refractivity contribution in [2.45, 2.75) is 31.7 Å². The van der Waals surface area contributed by atoms with E-state index in [9.17, 15) is 9.59 Å². The molecule has 0 saturated carbocycles. The van der Waals surface area contributed by atoms with Crippen molar-refractivity contribution < 1.29 is 9.59 Å². The molecule has 0 aliphatic carbocycles. The lowest BCUT2D eigenvalue weighted by Crippen LogP contribution is -2.41. The molecular formula is C11H18N2O2S. The molecule has 1 N–H and O–H groups in total. The van der Waals surface area contributed by atoms with Crippen LogP contribution >= 0.6 is 11.8 Å². The lowest BCUT2D eigenvalue weighted by Gasteiger charge is -2.23. The zero-order valence-corrected chi connectivity index (χ0v) is 10.2. The Bertz CT molecular complexity index is 261. The molecule has 1 atom stereocenters. The van der Waals surface area contributed by atoms with Crippen molar-refractivity contribution in [1.29, 1.82) is 0 Å². The highest BCUT2D eigenvalue weighted by Gasteiger charge is 2.28. The number of likely N-dealkylation sites (tertiary alicyclic amines) is 1. The van der Waals surface area contributed by atoms with Gasteiger partial charge in [0.05, 0.1) is 0 Å². The van der Waals surface area contributed by atoms with Crippen molar-refractivity contribution in [2.75, 3.05) is 24.6 Å². The van der Waals surface area contributed by atoms with E-state index in [1.54, 1.807) is 0 Å². The van der Waals surface area contributed by atoms with Gasteiger partial charge in [0.2, 0.25) is 11.8 Å². The van der Waals surface area contributed by atoms with E-state index in [2.05, 4.69) is 5.32 Å². The third-order valence-electron chi connectivity index (χ3n) is 3.08. The summed E-state index contributed by atoms with van der Waals surface area (Å²) in [5, 5.41) is 3.42. The highest BCUT2D eigenvalue weighted by atomic mass is 32.2. The van der Waals surface area contributed by atoms with E-state index in [1.807, 2.05) is 11.8 Å². The predicted octanol–water partition coefficient (Wildman–Crippen LogP) is 0.621. The van der Waals surface area contributed by atoms with Crippen LogP contribution in [0.3, 0.4) is 0 Å². The molecule has 0 bridgehead atoms. The van der Waals surface area contributed by atoms with Gasteiger partial charge in [0.25, 0.3) is 0 Å². The van der Waals surface area contributed by atoms with Crippen molar-refractivity contribution in [3.8, 4) is 0 Å². The normalized spacial score (nSPS) is 26.5. The molecule has 2 heterocycles. The number of rotatable bonds is 4. The average molecular weight is 242 g/mol. The third-order valence-corrected chi connectivity index (χ3v) is 4.30. The van der Waals surface area contributed by atoms with Gasteiger partial charge in [-0.05, 0) is 18.6 Å². The van der Waals surface area contributed by atoms with Crippen molar-refractivity contribution in [1.82, 2.24) is 10.2 Å². The van der Waals surface area contributed by atoms with E-state index in [4.69, 9.17) is 0 Å². The highest BCUT2D eigenvalue weighted by Crippen LogP contribution is 2.17. The van der Waals surface area contributed by atoms with Crippen LogP contribution in [0.15, 0.2) is 0 Å². The molecule has 2 aliphatic heterocycles. The molecule has 2 aliphatic rings. The molecule has 0 radical (unpaired) electrons. The zero-order chi connectivity index (χ0) is 11.4. The quantitative estimate of drug-likeness (QED) is 0.734. The largest absolute Gasteiger partial charge is 0.311 e. The van der Waals surface area contributed by atoms with Gasteiger partial charge in [-0.1, -0.05) is 0 Å². The first-order valence-corrected chi connectivity index (χ1v) is 7.07. The number of amides is 2. The minimum Gasteiger partial charge on any atom is -0.311 e. The fourth-order valence-corrected chi connectivity index (χ4v) is 3.26. The summed E-state index contributed by atoms with van der Waals surface area (Å²) in [6, 6.07) is 0.562. The van der Waals surface area contributed by atoms with Crippen LogP contribution < -0.4 is 5.32 Å². The maximum atomic E-state index is 11.3. The summed E-state index contributed by atoms with van der Waals surface area (Å²) >= 11 is 1.98. The summed E-state index contributed by atoms with van der Waals surface area (Å²) in [6.45, 7) is 1.28. The van der Waals surface area contributed by atoms with Crippen molar-refractivity contribution in [3.05, 3.63) is 0 Å². The second-order valence-corrected chi connectivity index (χ2v) is 5.46. The molecule has 2 fully saturated rings. The van der Waals surface area contributed by atoms with Crippen LogP contribution in [0.25, 0.3) is 0 Å². The SMILES string of the molecule is O=C1CCC(=O)N1CCNC1CCCSC1. The molecule has 0 aromatic heterocycles. The Morgan fingerprint density at radius 3 is 2.69 bits per heavy atom. The molecule has 0 aromatic carbocycles. The standard InChI is InChI=1S/C11H18N2O2S/c14-10-3-4-11(15)13(10)6-5-12-9-2-1-7-16-8-9/h9,12H,1-8H2. The summed E-state index contributed by atoms with van der Waals surface area (Å²) in [4.78, 5) is 24.1. The summed E-state index contributed by atoms with van der Waals surface area (Å²) in [5.74, 6) is 2.40. The Morgan fingerprint density at radius 2 is 2.06 bits per heavy atom. The molecule has 0 spiro atoms. The minimum atomic E-state index is -0.00943. The van der Waals surface area contributed by atoms with Crippen LogP contribution in [0.5, 0.6) is 0 Å². The molecule has 0 aromatic rings. The first-order valence-electron chi connectivity index (χ1n) is 5.91. The molecule has 2 rings (SSSR count). The minimum absolute atomic E-state index is 0.00943. The maximum Gasteiger partial charge on any atom is 0.229 e. The summed E-state index contributed by atoms with van der Waals surface area (Å²) < 4.78 is 0. The van der Waals surface area contributed by atoms with E-state index < -0.39 is 0 Å². The Labute approximate surface area is 100 Å². The van der Waals surface area contributed by atoms with Crippen molar-refractivity contribution in [2.24, 2.45) is 0 Å². The average Bonchev–Trinajstić information content (AvgIpc) is 2.62. The molecular weight excluding hydrogens is 224 g/mol. The molecule has 90 valence electrons. The van der Waals surface area contributed by atoms with Crippen LogP contribution in [0, 0.1) is 0 Å². The fourth-order valence-electron chi connectivity index (χ4n) is 2.15. The molecule has 5 heteroatoms. The van der Waals surface area contributed by atoms with Gasteiger partial charge in [-0.15, -0.1) is 0 Å². The number of nitrogens with one attached hydrogen (secondary N) is 1. The molecule has 2 amide bonds. The summed E-state index contributed by atoms with van der Waals surface area (Å²) in [7, 11) is 0. The molecule has 16 heavy (non-hydrogen) atoms. The van der Waals surface area contributed by atoms with Crippen molar-refractivity contribution >= 4 is 23.6 Å². The number of nitrogens with zero attached hydrogens (tertiary/aromatic N) is 1. The topological polar surface area (TPSA) is 49.4 Å². The first kappa shape index (κ1) is 11.9. The monoisotopic (exact) mass is 242 g/mol. The third kappa shape index (κ3) is 2.98. The van der Waals surface area contributed by atoms with Crippen LogP contribution in [0.1, 0.15) is 25.7 Å². The van der Waals surface area contributed by atoms with Crippen LogP contribution in [0.2, 0.25) is 0 Å². The van der Waals surface area contributed by atoms with E-state index >= 15 is 0 Å². The fraction of sp³-hybridized carbons (Fsp3) is 0.818. The van der Waals surface area contributed by atoms with Gasteiger partial charge in [-0.25, -0.2) is 0 Å². The highest BCUT2D eigenvalue weighted by molar-refractivity contribution is 7.99. The summed E-state index contributed by atoms with van der Waals surface area (Å²) in [5.41, 5.74) is 0. The lowest BCUT2D eigenvalue weighted by molar-refractivity contribution is -0.138. The number of hydrogen-bond donors (Lipinski definition) is 1. The van der Waals surface area contributed by atoms with Gasteiger partial charge in [0.15, 0.2) is 0 Å². The number of thioether (sulfide) groups is 1. The van der Waals surface area contributed by atoms with Crippen LogP contribution in [-0.4, -0.2) is 47.4 Å². The second kappa shape index (κ2) is 5.68. The van der Waals surface area contributed by atoms with Crippen LogP contribution in [0.4, 0.5) is 0 Å². The molecule has 1 unspecified atom stereocenters. The number of imide groups is 1. The van der Waals surface area contributed by atoms with Gasteiger partial charge in [-0.3, -0.25) is 14.5 Å². The second-order valence-electron chi connectivity index (χ2n) is 4.31. The Hall–Kier alpha value is -0.550. The summed E-state index contributed by atoms with van der Waals surface area (Å²) in [6.07, 6.45) is 3.29. The van der Waals surface area contributed by atoms with Gasteiger partial charge in [0.1, 0.15) is 0 Å².